The van der Waals surface area contributed by atoms with Gasteiger partial charge < -0.3 is 5.32 Å². The molecule has 6 nitrogen and oxygen atoms in total. The fourth-order valence-electron chi connectivity index (χ4n) is 2.95. The van der Waals surface area contributed by atoms with E-state index in [9.17, 15) is 9.59 Å². The predicted molar refractivity (Wildman–Crippen MR) is 93.3 cm³/mol. The Balaban J connectivity index is 1.90. The van der Waals surface area contributed by atoms with Gasteiger partial charge in [0.05, 0.1) is 11.0 Å². The number of carbonyl (C=O) groups excluding carboxylic acids is 2. The van der Waals surface area contributed by atoms with Crippen LogP contribution in [0.2, 0.25) is 0 Å². The lowest BCUT2D eigenvalue weighted by Crippen LogP contribution is -2.42. The highest BCUT2D eigenvalue weighted by molar-refractivity contribution is 8.14. The van der Waals surface area contributed by atoms with E-state index in [1.54, 1.807) is 4.90 Å². The molecule has 2 aliphatic heterocycles. The van der Waals surface area contributed by atoms with Crippen molar-refractivity contribution in [1.82, 2.24) is 10.7 Å². The van der Waals surface area contributed by atoms with Gasteiger partial charge in [-0.3, -0.25) is 9.69 Å². The average Bonchev–Trinajstić information content (AvgIpc) is 2.54. The summed E-state index contributed by atoms with van der Waals surface area (Å²) in [6, 6.07) is 6.00. The summed E-state index contributed by atoms with van der Waals surface area (Å²) in [4.78, 5) is 25.3. The molecule has 122 valence electrons. The third kappa shape index (κ3) is 3.19. The molecule has 1 aromatic rings. The molecule has 0 bridgehead atoms. The molecule has 1 aromatic carbocycles. The average molecular weight is 332 g/mol. The molecule has 1 atom stereocenters. The fourth-order valence-corrected chi connectivity index (χ4v) is 3.67. The minimum atomic E-state index is -0.123. The largest absolute Gasteiger partial charge is 0.338 e. The van der Waals surface area contributed by atoms with Gasteiger partial charge in [0.2, 0.25) is 0 Å². The number of carbonyl (C=O) groups is 2. The molecule has 0 radical (unpaired) electrons. The van der Waals surface area contributed by atoms with Gasteiger partial charge in [-0.2, -0.15) is 5.10 Å². The molecule has 0 fully saturated rings. The zero-order valence-corrected chi connectivity index (χ0v) is 14.1. The van der Waals surface area contributed by atoms with Crippen LogP contribution >= 0.6 is 11.8 Å². The van der Waals surface area contributed by atoms with Crippen molar-refractivity contribution >= 4 is 34.4 Å². The SMILES string of the molecule is CCNC(=O)N1CCCc2cc(C3=NNC(=O)SC3C)ccc21. The quantitative estimate of drug-likeness (QED) is 0.874. The number of benzene rings is 1. The lowest BCUT2D eigenvalue weighted by atomic mass is 9.97. The maximum atomic E-state index is 12.2. The number of nitrogens with zero attached hydrogens (tertiary/aromatic N) is 2. The van der Waals surface area contributed by atoms with E-state index in [0.717, 1.165) is 41.9 Å². The van der Waals surface area contributed by atoms with Crippen molar-refractivity contribution in [3.8, 4) is 0 Å². The van der Waals surface area contributed by atoms with Crippen molar-refractivity contribution in [2.45, 2.75) is 31.9 Å². The van der Waals surface area contributed by atoms with Crippen LogP contribution in [0, 0.1) is 0 Å². The number of urea groups is 1. The van der Waals surface area contributed by atoms with E-state index in [1.165, 1.54) is 11.8 Å². The Morgan fingerprint density at radius 1 is 1.52 bits per heavy atom. The number of anilines is 1. The van der Waals surface area contributed by atoms with Crippen LogP contribution in [0.4, 0.5) is 15.3 Å². The summed E-state index contributed by atoms with van der Waals surface area (Å²) in [6.45, 7) is 5.25. The van der Waals surface area contributed by atoms with E-state index in [1.807, 2.05) is 26.0 Å². The second kappa shape index (κ2) is 6.62. The Hall–Kier alpha value is -2.02. The number of fused-ring (bicyclic) bond motifs is 1. The lowest BCUT2D eigenvalue weighted by Gasteiger charge is -2.30. The predicted octanol–water partition coefficient (Wildman–Crippen LogP) is 2.72. The first-order chi connectivity index (χ1) is 11.1. The molecule has 0 saturated carbocycles. The molecule has 0 aromatic heterocycles. The minimum absolute atomic E-state index is 0.0184. The Morgan fingerprint density at radius 2 is 2.35 bits per heavy atom. The molecular weight excluding hydrogens is 312 g/mol. The number of nitrogens with one attached hydrogen (secondary N) is 2. The molecule has 23 heavy (non-hydrogen) atoms. The Kier molecular flexibility index (Phi) is 4.56. The molecule has 2 aliphatic rings. The number of hydrogen-bond donors (Lipinski definition) is 2. The Bertz CT molecular complexity index is 674. The first-order valence-corrected chi connectivity index (χ1v) is 8.71. The van der Waals surface area contributed by atoms with Gasteiger partial charge in [-0.1, -0.05) is 17.8 Å². The van der Waals surface area contributed by atoms with Crippen molar-refractivity contribution in [3.63, 3.8) is 0 Å². The number of amides is 3. The van der Waals surface area contributed by atoms with Crippen LogP contribution in [0.3, 0.4) is 0 Å². The molecule has 1 unspecified atom stereocenters. The van der Waals surface area contributed by atoms with Crippen LogP contribution < -0.4 is 15.6 Å². The summed E-state index contributed by atoms with van der Waals surface area (Å²) in [6.07, 6.45) is 1.89. The molecule has 3 amide bonds. The smallest absolute Gasteiger partial charge is 0.321 e. The fraction of sp³-hybridized carbons (Fsp3) is 0.438. The van der Waals surface area contributed by atoms with Crippen LogP contribution in [0.1, 0.15) is 31.4 Å². The van der Waals surface area contributed by atoms with Crippen molar-refractivity contribution in [3.05, 3.63) is 29.3 Å². The second-order valence-electron chi connectivity index (χ2n) is 5.59. The maximum absolute atomic E-state index is 12.2. The van der Waals surface area contributed by atoms with Gasteiger partial charge in [0.25, 0.3) is 5.24 Å². The van der Waals surface area contributed by atoms with Crippen LogP contribution in [-0.4, -0.2) is 35.3 Å². The number of hydrogen-bond acceptors (Lipinski definition) is 4. The number of hydrazone groups is 1. The molecule has 7 heteroatoms. The topological polar surface area (TPSA) is 73.8 Å². The maximum Gasteiger partial charge on any atom is 0.321 e. The summed E-state index contributed by atoms with van der Waals surface area (Å²) in [5.74, 6) is 0. The van der Waals surface area contributed by atoms with Crippen LogP contribution in [-0.2, 0) is 6.42 Å². The summed E-state index contributed by atoms with van der Waals surface area (Å²) in [7, 11) is 0. The molecule has 0 aliphatic carbocycles. The summed E-state index contributed by atoms with van der Waals surface area (Å²) in [5.41, 5.74) is 6.51. The van der Waals surface area contributed by atoms with Crippen LogP contribution in [0.25, 0.3) is 0 Å². The van der Waals surface area contributed by atoms with Gasteiger partial charge >= 0.3 is 6.03 Å². The van der Waals surface area contributed by atoms with Gasteiger partial charge in [-0.05, 0) is 49.9 Å². The van der Waals surface area contributed by atoms with E-state index >= 15 is 0 Å². The second-order valence-corrected chi connectivity index (χ2v) is 6.90. The zero-order chi connectivity index (χ0) is 16.4. The van der Waals surface area contributed by atoms with Gasteiger partial charge in [0, 0.05) is 18.8 Å². The van der Waals surface area contributed by atoms with Crippen LogP contribution in [0.5, 0.6) is 0 Å². The molecule has 2 N–H and O–H groups in total. The first kappa shape index (κ1) is 15.9. The standard InChI is InChI=1S/C16H20N4O2S/c1-3-17-15(21)20-8-4-5-11-9-12(6-7-13(11)20)14-10(2)23-16(22)19-18-14/h6-7,9-10H,3-5,8H2,1-2H3,(H,17,21)(H,19,22). The minimum Gasteiger partial charge on any atom is -0.338 e. The summed E-state index contributed by atoms with van der Waals surface area (Å²) >= 11 is 1.24. The van der Waals surface area contributed by atoms with E-state index in [0.29, 0.717) is 6.54 Å². The van der Waals surface area contributed by atoms with Gasteiger partial charge in [0.1, 0.15) is 0 Å². The summed E-state index contributed by atoms with van der Waals surface area (Å²) in [5, 5.41) is 6.95. The van der Waals surface area contributed by atoms with Crippen molar-refractivity contribution in [1.29, 1.82) is 0 Å². The molecule has 2 heterocycles. The monoisotopic (exact) mass is 332 g/mol. The highest BCUT2D eigenvalue weighted by atomic mass is 32.2. The van der Waals surface area contributed by atoms with Gasteiger partial charge in [-0.25, -0.2) is 10.2 Å². The normalized spacial score (nSPS) is 20.4. The Morgan fingerprint density at radius 3 is 3.09 bits per heavy atom. The lowest BCUT2D eigenvalue weighted by molar-refractivity contribution is 0.246. The first-order valence-electron chi connectivity index (χ1n) is 7.83. The number of rotatable bonds is 2. The highest BCUT2D eigenvalue weighted by Crippen LogP contribution is 2.30. The van der Waals surface area contributed by atoms with Crippen molar-refractivity contribution in [2.24, 2.45) is 5.10 Å². The summed E-state index contributed by atoms with van der Waals surface area (Å²) < 4.78 is 0. The Labute approximate surface area is 139 Å². The molecule has 0 spiro atoms. The van der Waals surface area contributed by atoms with Gasteiger partial charge in [-0.15, -0.1) is 0 Å². The third-order valence-corrected chi connectivity index (χ3v) is 4.89. The van der Waals surface area contributed by atoms with E-state index < -0.39 is 0 Å². The molecule has 3 rings (SSSR count). The van der Waals surface area contributed by atoms with E-state index in [2.05, 4.69) is 21.9 Å². The van der Waals surface area contributed by atoms with Crippen molar-refractivity contribution < 1.29 is 9.59 Å². The number of aryl methyl sites for hydroxylation is 1. The third-order valence-electron chi connectivity index (χ3n) is 4.00. The highest BCUT2D eigenvalue weighted by Gasteiger charge is 2.26. The van der Waals surface area contributed by atoms with E-state index in [4.69, 9.17) is 0 Å². The van der Waals surface area contributed by atoms with Crippen molar-refractivity contribution in [2.75, 3.05) is 18.0 Å². The number of thioether (sulfide) groups is 1. The van der Waals surface area contributed by atoms with E-state index in [-0.39, 0.29) is 16.5 Å². The molecular formula is C16H20N4O2S. The molecule has 0 saturated heterocycles. The zero-order valence-electron chi connectivity index (χ0n) is 13.3. The van der Waals surface area contributed by atoms with Gasteiger partial charge in [0.15, 0.2) is 0 Å². The van der Waals surface area contributed by atoms with Crippen LogP contribution in [0.15, 0.2) is 23.3 Å².